The van der Waals surface area contributed by atoms with Gasteiger partial charge in [-0.15, -0.1) is 11.8 Å². The predicted molar refractivity (Wildman–Crippen MR) is 75.2 cm³/mol. The minimum atomic E-state index is 0.0988. The Hall–Kier alpha value is -0.220. The first-order valence-corrected chi connectivity index (χ1v) is 7.68. The summed E-state index contributed by atoms with van der Waals surface area (Å²) < 4.78 is 0. The lowest BCUT2D eigenvalue weighted by molar-refractivity contribution is -0.129. The van der Waals surface area contributed by atoms with Crippen molar-refractivity contribution in [3.8, 4) is 0 Å². The topological polar surface area (TPSA) is 46.3 Å². The summed E-state index contributed by atoms with van der Waals surface area (Å²) in [6, 6.07) is 0. The van der Waals surface area contributed by atoms with Crippen molar-refractivity contribution in [3.05, 3.63) is 0 Å². The van der Waals surface area contributed by atoms with Crippen molar-refractivity contribution in [1.29, 1.82) is 0 Å². The summed E-state index contributed by atoms with van der Waals surface area (Å²) in [7, 11) is 0. The quantitative estimate of drug-likeness (QED) is 0.742. The van der Waals surface area contributed by atoms with Crippen molar-refractivity contribution in [2.24, 2.45) is 11.1 Å². The van der Waals surface area contributed by atoms with E-state index >= 15 is 0 Å². The second-order valence-corrected chi connectivity index (χ2v) is 6.84. The third-order valence-electron chi connectivity index (χ3n) is 3.58. The largest absolute Gasteiger partial charge is 0.341 e. The van der Waals surface area contributed by atoms with Crippen LogP contribution in [0.4, 0.5) is 0 Å². The zero-order valence-electron chi connectivity index (χ0n) is 11.4. The molecule has 2 atom stereocenters. The first-order chi connectivity index (χ1) is 8.02. The Labute approximate surface area is 109 Å². The SMILES string of the molecule is CCCCSC(C)C(=O)N1CCC(C)(CN)C1. The van der Waals surface area contributed by atoms with Gasteiger partial charge in [0.25, 0.3) is 0 Å². The average Bonchev–Trinajstić information content (AvgIpc) is 2.72. The Bertz CT molecular complexity index is 260. The molecule has 1 amide bonds. The molecule has 0 spiro atoms. The lowest BCUT2D eigenvalue weighted by Gasteiger charge is -2.24. The summed E-state index contributed by atoms with van der Waals surface area (Å²) in [4.78, 5) is 14.2. The highest BCUT2D eigenvalue weighted by atomic mass is 32.2. The van der Waals surface area contributed by atoms with Gasteiger partial charge in [-0.2, -0.15) is 0 Å². The summed E-state index contributed by atoms with van der Waals surface area (Å²) in [5, 5.41) is 0.0988. The van der Waals surface area contributed by atoms with Crippen LogP contribution < -0.4 is 5.73 Å². The van der Waals surface area contributed by atoms with Gasteiger partial charge in [0.15, 0.2) is 0 Å². The van der Waals surface area contributed by atoms with E-state index in [9.17, 15) is 4.79 Å². The molecule has 1 rings (SSSR count). The number of hydrogen-bond donors (Lipinski definition) is 1. The van der Waals surface area contributed by atoms with Crippen molar-refractivity contribution in [2.75, 3.05) is 25.4 Å². The molecule has 0 aliphatic carbocycles. The van der Waals surface area contributed by atoms with Crippen LogP contribution in [0.5, 0.6) is 0 Å². The summed E-state index contributed by atoms with van der Waals surface area (Å²) in [5.74, 6) is 1.38. The molecule has 0 saturated carbocycles. The van der Waals surface area contributed by atoms with Gasteiger partial charge in [0, 0.05) is 13.1 Å². The number of carbonyl (C=O) groups is 1. The molecule has 100 valence electrons. The highest BCUT2D eigenvalue weighted by Crippen LogP contribution is 2.30. The molecule has 2 unspecified atom stereocenters. The highest BCUT2D eigenvalue weighted by molar-refractivity contribution is 8.00. The van der Waals surface area contributed by atoms with Crippen molar-refractivity contribution < 1.29 is 4.79 Å². The minimum Gasteiger partial charge on any atom is -0.341 e. The molecule has 0 aromatic heterocycles. The molecule has 2 N–H and O–H groups in total. The number of carbonyl (C=O) groups excluding carboxylic acids is 1. The molecular formula is C13H26N2OS. The van der Waals surface area contributed by atoms with E-state index in [4.69, 9.17) is 5.73 Å². The van der Waals surface area contributed by atoms with Gasteiger partial charge in [-0.3, -0.25) is 4.79 Å². The fraction of sp³-hybridized carbons (Fsp3) is 0.923. The van der Waals surface area contributed by atoms with Crippen molar-refractivity contribution >= 4 is 17.7 Å². The summed E-state index contributed by atoms with van der Waals surface area (Å²) >= 11 is 1.78. The van der Waals surface area contributed by atoms with Gasteiger partial charge in [0.2, 0.25) is 5.91 Å². The Kier molecular flexibility index (Phi) is 5.80. The van der Waals surface area contributed by atoms with E-state index in [0.29, 0.717) is 12.5 Å². The Balaban J connectivity index is 2.38. The minimum absolute atomic E-state index is 0.0988. The molecule has 0 aromatic rings. The molecular weight excluding hydrogens is 232 g/mol. The number of nitrogens with zero attached hydrogens (tertiary/aromatic N) is 1. The van der Waals surface area contributed by atoms with E-state index in [1.165, 1.54) is 12.8 Å². The average molecular weight is 258 g/mol. The van der Waals surface area contributed by atoms with Gasteiger partial charge in [0.05, 0.1) is 5.25 Å². The lowest BCUT2D eigenvalue weighted by Crippen LogP contribution is -2.38. The molecule has 1 fully saturated rings. The number of amides is 1. The van der Waals surface area contributed by atoms with Crippen LogP contribution in [0.1, 0.15) is 40.0 Å². The molecule has 1 saturated heterocycles. The number of likely N-dealkylation sites (tertiary alicyclic amines) is 1. The number of rotatable bonds is 6. The third kappa shape index (κ3) is 4.18. The molecule has 4 heteroatoms. The zero-order valence-corrected chi connectivity index (χ0v) is 12.2. The van der Waals surface area contributed by atoms with E-state index in [1.807, 2.05) is 11.8 Å². The normalized spacial score (nSPS) is 26.2. The molecule has 0 bridgehead atoms. The molecule has 1 aliphatic rings. The van der Waals surface area contributed by atoms with Gasteiger partial charge >= 0.3 is 0 Å². The lowest BCUT2D eigenvalue weighted by atomic mass is 9.90. The number of unbranched alkanes of at least 4 members (excludes halogenated alkanes) is 1. The Morgan fingerprint density at radius 1 is 1.59 bits per heavy atom. The van der Waals surface area contributed by atoms with Crippen molar-refractivity contribution in [2.45, 2.75) is 45.3 Å². The van der Waals surface area contributed by atoms with Gasteiger partial charge in [-0.25, -0.2) is 0 Å². The van der Waals surface area contributed by atoms with Gasteiger partial charge < -0.3 is 10.6 Å². The highest BCUT2D eigenvalue weighted by Gasteiger charge is 2.36. The third-order valence-corrected chi connectivity index (χ3v) is 4.80. The maximum Gasteiger partial charge on any atom is 0.235 e. The zero-order chi connectivity index (χ0) is 12.9. The number of hydrogen-bond acceptors (Lipinski definition) is 3. The fourth-order valence-electron chi connectivity index (χ4n) is 2.11. The Morgan fingerprint density at radius 3 is 2.82 bits per heavy atom. The van der Waals surface area contributed by atoms with Crippen LogP contribution >= 0.6 is 11.8 Å². The molecule has 17 heavy (non-hydrogen) atoms. The second kappa shape index (κ2) is 6.64. The summed E-state index contributed by atoms with van der Waals surface area (Å²) in [6.45, 7) is 8.77. The molecule has 1 heterocycles. The van der Waals surface area contributed by atoms with E-state index in [1.54, 1.807) is 11.8 Å². The van der Waals surface area contributed by atoms with E-state index in [-0.39, 0.29) is 10.7 Å². The van der Waals surface area contributed by atoms with Gasteiger partial charge in [0.1, 0.15) is 0 Å². The standard InChI is InChI=1S/C13H26N2OS/c1-4-5-8-17-11(2)12(16)15-7-6-13(3,9-14)10-15/h11H,4-10,14H2,1-3H3. The maximum absolute atomic E-state index is 12.2. The molecule has 1 aliphatic heterocycles. The van der Waals surface area contributed by atoms with Gasteiger partial charge in [-0.05, 0) is 37.5 Å². The Morgan fingerprint density at radius 2 is 2.29 bits per heavy atom. The second-order valence-electron chi connectivity index (χ2n) is 5.39. The van der Waals surface area contributed by atoms with Crippen LogP contribution in [-0.2, 0) is 4.79 Å². The van der Waals surface area contributed by atoms with Crippen LogP contribution in [0.3, 0.4) is 0 Å². The van der Waals surface area contributed by atoms with E-state index in [2.05, 4.69) is 13.8 Å². The summed E-state index contributed by atoms with van der Waals surface area (Å²) in [5.41, 5.74) is 5.90. The van der Waals surface area contributed by atoms with Gasteiger partial charge in [-0.1, -0.05) is 20.3 Å². The number of thioether (sulfide) groups is 1. The fourth-order valence-corrected chi connectivity index (χ4v) is 3.21. The van der Waals surface area contributed by atoms with Crippen LogP contribution in [0, 0.1) is 5.41 Å². The van der Waals surface area contributed by atoms with Crippen molar-refractivity contribution in [3.63, 3.8) is 0 Å². The van der Waals surface area contributed by atoms with E-state index < -0.39 is 0 Å². The first-order valence-electron chi connectivity index (χ1n) is 6.63. The van der Waals surface area contributed by atoms with Crippen molar-refractivity contribution in [1.82, 2.24) is 4.90 Å². The van der Waals surface area contributed by atoms with Crippen LogP contribution in [0.2, 0.25) is 0 Å². The smallest absolute Gasteiger partial charge is 0.235 e. The molecule has 3 nitrogen and oxygen atoms in total. The summed E-state index contributed by atoms with van der Waals surface area (Å²) in [6.07, 6.45) is 3.44. The van der Waals surface area contributed by atoms with E-state index in [0.717, 1.165) is 25.3 Å². The predicted octanol–water partition coefficient (Wildman–Crippen LogP) is 2.11. The maximum atomic E-state index is 12.2. The van der Waals surface area contributed by atoms with Crippen LogP contribution in [-0.4, -0.2) is 41.4 Å². The first kappa shape index (κ1) is 14.8. The van der Waals surface area contributed by atoms with Crippen LogP contribution in [0.25, 0.3) is 0 Å². The van der Waals surface area contributed by atoms with Crippen LogP contribution in [0.15, 0.2) is 0 Å². The monoisotopic (exact) mass is 258 g/mol. The molecule has 0 radical (unpaired) electrons. The molecule has 0 aromatic carbocycles. The number of nitrogens with two attached hydrogens (primary N) is 1.